The van der Waals surface area contributed by atoms with Crippen LogP contribution in [0, 0.1) is 0 Å². The third-order valence-corrected chi connectivity index (χ3v) is 1.54. The van der Waals surface area contributed by atoms with Crippen molar-refractivity contribution >= 4 is 11.9 Å². The number of rotatable bonds is 3. The Bertz CT molecular complexity index is 378. The SMILES string of the molecule is C=COC(=O)c1ccc(OC(C)=O)cc1. The minimum absolute atomic E-state index is 0.366. The van der Waals surface area contributed by atoms with Crippen LogP contribution in [0.2, 0.25) is 0 Å². The highest BCUT2D eigenvalue weighted by Crippen LogP contribution is 2.13. The largest absolute Gasteiger partial charge is 0.432 e. The lowest BCUT2D eigenvalue weighted by atomic mass is 10.2. The van der Waals surface area contributed by atoms with Crippen molar-refractivity contribution in [3.8, 4) is 5.75 Å². The summed E-state index contributed by atoms with van der Waals surface area (Å²) >= 11 is 0. The predicted octanol–water partition coefficient (Wildman–Crippen LogP) is 1.91. The molecule has 1 rings (SSSR count). The zero-order chi connectivity index (χ0) is 11.3. The second-order valence-corrected chi connectivity index (χ2v) is 2.69. The average molecular weight is 206 g/mol. The first-order valence-electron chi connectivity index (χ1n) is 4.24. The van der Waals surface area contributed by atoms with Gasteiger partial charge in [-0.05, 0) is 24.3 Å². The van der Waals surface area contributed by atoms with E-state index in [9.17, 15) is 9.59 Å². The molecule has 0 aliphatic rings. The van der Waals surface area contributed by atoms with Crippen molar-refractivity contribution in [2.24, 2.45) is 0 Å². The van der Waals surface area contributed by atoms with E-state index in [0.717, 1.165) is 6.26 Å². The molecule has 0 radical (unpaired) electrons. The highest BCUT2D eigenvalue weighted by Gasteiger charge is 2.05. The molecule has 0 aliphatic heterocycles. The number of esters is 2. The molecule has 78 valence electrons. The molecule has 0 spiro atoms. The van der Waals surface area contributed by atoms with Crippen molar-refractivity contribution in [1.29, 1.82) is 0 Å². The highest BCUT2D eigenvalue weighted by molar-refractivity contribution is 5.89. The Hall–Kier alpha value is -2.10. The first-order valence-corrected chi connectivity index (χ1v) is 4.24. The average Bonchev–Trinajstić information content (AvgIpc) is 2.18. The van der Waals surface area contributed by atoms with E-state index in [2.05, 4.69) is 11.3 Å². The summed E-state index contributed by atoms with van der Waals surface area (Å²) < 4.78 is 9.36. The van der Waals surface area contributed by atoms with Crippen LogP contribution in [0.25, 0.3) is 0 Å². The molecule has 0 fully saturated rings. The van der Waals surface area contributed by atoms with Crippen molar-refractivity contribution in [3.63, 3.8) is 0 Å². The molecular formula is C11H10O4. The maximum Gasteiger partial charge on any atom is 0.342 e. The van der Waals surface area contributed by atoms with Crippen molar-refractivity contribution in [1.82, 2.24) is 0 Å². The van der Waals surface area contributed by atoms with Gasteiger partial charge in [0.2, 0.25) is 0 Å². The Kier molecular flexibility index (Phi) is 3.62. The molecule has 1 aromatic rings. The molecule has 0 heterocycles. The molecule has 0 amide bonds. The van der Waals surface area contributed by atoms with Crippen LogP contribution in [-0.2, 0) is 9.53 Å². The van der Waals surface area contributed by atoms with Gasteiger partial charge in [0.1, 0.15) is 5.75 Å². The van der Waals surface area contributed by atoms with E-state index in [4.69, 9.17) is 4.74 Å². The maximum atomic E-state index is 11.2. The molecule has 4 heteroatoms. The fraction of sp³-hybridized carbons (Fsp3) is 0.0909. The molecule has 1 aromatic carbocycles. The second-order valence-electron chi connectivity index (χ2n) is 2.69. The van der Waals surface area contributed by atoms with E-state index in [0.29, 0.717) is 11.3 Å². The van der Waals surface area contributed by atoms with Crippen LogP contribution in [0.4, 0.5) is 0 Å². The van der Waals surface area contributed by atoms with Gasteiger partial charge in [-0.1, -0.05) is 6.58 Å². The summed E-state index contributed by atoms with van der Waals surface area (Å²) in [4.78, 5) is 21.8. The first-order chi connectivity index (χ1) is 7.13. The van der Waals surface area contributed by atoms with Gasteiger partial charge >= 0.3 is 11.9 Å². The van der Waals surface area contributed by atoms with E-state index in [-0.39, 0.29) is 0 Å². The molecule has 0 atom stereocenters. The monoisotopic (exact) mass is 206 g/mol. The van der Waals surface area contributed by atoms with Crippen molar-refractivity contribution < 1.29 is 19.1 Å². The Labute approximate surface area is 87.1 Å². The standard InChI is InChI=1S/C11H10O4/c1-3-14-11(13)9-4-6-10(7-5-9)15-8(2)12/h3-7H,1H2,2H3. The van der Waals surface area contributed by atoms with Crippen LogP contribution in [0.3, 0.4) is 0 Å². The van der Waals surface area contributed by atoms with Crippen molar-refractivity contribution in [3.05, 3.63) is 42.7 Å². The van der Waals surface area contributed by atoms with Crippen LogP contribution in [0.15, 0.2) is 37.1 Å². The summed E-state index contributed by atoms with van der Waals surface area (Å²) in [7, 11) is 0. The van der Waals surface area contributed by atoms with Crippen LogP contribution in [-0.4, -0.2) is 11.9 Å². The lowest BCUT2D eigenvalue weighted by Gasteiger charge is -2.02. The second kappa shape index (κ2) is 4.95. The fourth-order valence-electron chi connectivity index (χ4n) is 0.969. The molecule has 0 N–H and O–H groups in total. The van der Waals surface area contributed by atoms with Gasteiger partial charge in [0.25, 0.3) is 0 Å². The molecule has 0 saturated carbocycles. The van der Waals surface area contributed by atoms with Crippen LogP contribution >= 0.6 is 0 Å². The van der Waals surface area contributed by atoms with E-state index in [1.807, 2.05) is 0 Å². The third kappa shape index (κ3) is 3.27. The molecule has 4 nitrogen and oxygen atoms in total. The summed E-state index contributed by atoms with van der Waals surface area (Å²) in [5, 5.41) is 0. The summed E-state index contributed by atoms with van der Waals surface area (Å²) in [6.45, 7) is 4.58. The Morgan fingerprint density at radius 3 is 2.33 bits per heavy atom. The zero-order valence-electron chi connectivity index (χ0n) is 8.23. The lowest BCUT2D eigenvalue weighted by molar-refractivity contribution is -0.131. The van der Waals surface area contributed by atoms with Crippen LogP contribution < -0.4 is 4.74 Å². The van der Waals surface area contributed by atoms with Gasteiger partial charge in [-0.2, -0.15) is 0 Å². The summed E-state index contributed by atoms with van der Waals surface area (Å²) in [6, 6.07) is 6.04. The number of hydrogen-bond acceptors (Lipinski definition) is 4. The minimum atomic E-state index is -0.501. The van der Waals surface area contributed by atoms with Gasteiger partial charge in [0.15, 0.2) is 0 Å². The van der Waals surface area contributed by atoms with Gasteiger partial charge in [-0.25, -0.2) is 4.79 Å². The van der Waals surface area contributed by atoms with Gasteiger partial charge in [-0.15, -0.1) is 0 Å². The van der Waals surface area contributed by atoms with Gasteiger partial charge < -0.3 is 9.47 Å². The molecule has 0 aliphatic carbocycles. The Balaban J connectivity index is 2.75. The van der Waals surface area contributed by atoms with Gasteiger partial charge in [0.05, 0.1) is 11.8 Å². The topological polar surface area (TPSA) is 52.6 Å². The van der Waals surface area contributed by atoms with E-state index in [1.165, 1.54) is 31.2 Å². The van der Waals surface area contributed by atoms with Gasteiger partial charge in [-0.3, -0.25) is 4.79 Å². The molecule has 0 unspecified atom stereocenters. The highest BCUT2D eigenvalue weighted by atomic mass is 16.5. The number of hydrogen-bond donors (Lipinski definition) is 0. The lowest BCUT2D eigenvalue weighted by Crippen LogP contribution is -2.03. The van der Waals surface area contributed by atoms with Crippen LogP contribution in [0.1, 0.15) is 17.3 Å². The summed E-state index contributed by atoms with van der Waals surface area (Å²) in [5.41, 5.74) is 0.366. The first kappa shape index (κ1) is 11.0. The van der Waals surface area contributed by atoms with E-state index < -0.39 is 11.9 Å². The summed E-state index contributed by atoms with van der Waals surface area (Å²) in [6.07, 6.45) is 1.06. The number of benzene rings is 1. The number of carbonyl (C=O) groups is 2. The minimum Gasteiger partial charge on any atom is -0.432 e. The Morgan fingerprint density at radius 1 is 1.27 bits per heavy atom. The zero-order valence-corrected chi connectivity index (χ0v) is 8.23. The van der Waals surface area contributed by atoms with Crippen molar-refractivity contribution in [2.75, 3.05) is 0 Å². The maximum absolute atomic E-state index is 11.2. The molecule has 0 bridgehead atoms. The Morgan fingerprint density at radius 2 is 1.87 bits per heavy atom. The predicted molar refractivity (Wildman–Crippen MR) is 53.4 cm³/mol. The fourth-order valence-corrected chi connectivity index (χ4v) is 0.969. The molecule has 0 saturated heterocycles. The van der Waals surface area contributed by atoms with Gasteiger partial charge in [0, 0.05) is 6.92 Å². The molecule has 0 aromatic heterocycles. The number of carbonyl (C=O) groups excluding carboxylic acids is 2. The van der Waals surface area contributed by atoms with E-state index >= 15 is 0 Å². The summed E-state index contributed by atoms with van der Waals surface area (Å²) in [5.74, 6) is -0.520. The number of ether oxygens (including phenoxy) is 2. The molecule has 15 heavy (non-hydrogen) atoms. The van der Waals surface area contributed by atoms with E-state index in [1.54, 1.807) is 0 Å². The van der Waals surface area contributed by atoms with Crippen molar-refractivity contribution in [2.45, 2.75) is 6.92 Å². The normalized spacial score (nSPS) is 9.13. The quantitative estimate of drug-likeness (QED) is 0.430. The molecular weight excluding hydrogens is 196 g/mol. The van der Waals surface area contributed by atoms with Crippen LogP contribution in [0.5, 0.6) is 5.75 Å². The third-order valence-electron chi connectivity index (χ3n) is 1.54. The smallest absolute Gasteiger partial charge is 0.342 e.